The monoisotopic (exact) mass is 471 g/mol. The molecule has 0 bridgehead atoms. The molecule has 3 aliphatic rings. The zero-order valence-electron chi connectivity index (χ0n) is 18.2. The molecular formula is C22H25N5O5S. The van der Waals surface area contributed by atoms with Crippen LogP contribution in [0.15, 0.2) is 36.7 Å². The number of nitrogens with one attached hydrogen (secondary N) is 2. The van der Waals surface area contributed by atoms with Gasteiger partial charge in [-0.05, 0) is 49.3 Å². The highest BCUT2D eigenvalue weighted by Gasteiger charge is 2.58. The Morgan fingerprint density at radius 2 is 1.73 bits per heavy atom. The van der Waals surface area contributed by atoms with Gasteiger partial charge in [-0.25, -0.2) is 27.5 Å². The van der Waals surface area contributed by atoms with Crippen molar-refractivity contribution < 1.29 is 22.7 Å². The highest BCUT2D eigenvalue weighted by molar-refractivity contribution is 7.89. The fourth-order valence-corrected chi connectivity index (χ4v) is 5.65. The topological polar surface area (TPSA) is 131 Å². The SMILES string of the molecule is CN(Cc1ccc(Oc2cnc(C3CC3)nc2)cc1)S(=O)(=O)C[C@]1(C2CC2)NC(=O)NC1=O. The van der Waals surface area contributed by atoms with Crippen molar-refractivity contribution in [3.63, 3.8) is 0 Å². The Balaban J connectivity index is 1.22. The molecule has 33 heavy (non-hydrogen) atoms. The molecule has 10 nitrogen and oxygen atoms in total. The van der Waals surface area contributed by atoms with Crippen LogP contribution < -0.4 is 15.4 Å². The Morgan fingerprint density at radius 1 is 1.06 bits per heavy atom. The van der Waals surface area contributed by atoms with E-state index in [4.69, 9.17) is 4.74 Å². The number of amides is 3. The number of carbonyl (C=O) groups excluding carboxylic acids is 2. The van der Waals surface area contributed by atoms with E-state index in [0.29, 0.717) is 30.3 Å². The fourth-order valence-electron chi connectivity index (χ4n) is 4.07. The predicted molar refractivity (Wildman–Crippen MR) is 118 cm³/mol. The number of hydrogen-bond donors (Lipinski definition) is 2. The molecule has 1 aromatic heterocycles. The highest BCUT2D eigenvalue weighted by Crippen LogP contribution is 2.42. The van der Waals surface area contributed by atoms with Crippen LogP contribution >= 0.6 is 0 Å². The summed E-state index contributed by atoms with van der Waals surface area (Å²) in [6, 6.07) is 6.41. The fraction of sp³-hybridized carbons (Fsp3) is 0.455. The molecule has 11 heteroatoms. The zero-order chi connectivity index (χ0) is 23.2. The molecule has 0 unspecified atom stereocenters. The van der Waals surface area contributed by atoms with Gasteiger partial charge in [0.15, 0.2) is 5.75 Å². The van der Waals surface area contributed by atoms with Crippen molar-refractivity contribution in [3.8, 4) is 11.5 Å². The number of nitrogens with zero attached hydrogens (tertiary/aromatic N) is 3. The van der Waals surface area contributed by atoms with Crippen molar-refractivity contribution in [2.45, 2.75) is 43.7 Å². The number of rotatable bonds is 9. The first-order valence-electron chi connectivity index (χ1n) is 10.9. The lowest BCUT2D eigenvalue weighted by molar-refractivity contribution is -0.123. The van der Waals surface area contributed by atoms with Gasteiger partial charge in [-0.15, -0.1) is 0 Å². The maximum absolute atomic E-state index is 13.0. The molecule has 3 fully saturated rings. The number of benzene rings is 1. The predicted octanol–water partition coefficient (Wildman–Crippen LogP) is 1.90. The third-order valence-electron chi connectivity index (χ3n) is 6.28. The van der Waals surface area contributed by atoms with Crippen LogP contribution in [0.5, 0.6) is 11.5 Å². The van der Waals surface area contributed by atoms with E-state index in [-0.39, 0.29) is 12.5 Å². The minimum absolute atomic E-state index is 0.123. The molecular weight excluding hydrogens is 446 g/mol. The molecule has 2 aliphatic carbocycles. The first kappa shape index (κ1) is 21.8. The van der Waals surface area contributed by atoms with Crippen LogP contribution in [-0.4, -0.2) is 53.0 Å². The number of imide groups is 1. The molecule has 0 spiro atoms. The van der Waals surface area contributed by atoms with E-state index in [1.807, 2.05) is 0 Å². The summed E-state index contributed by atoms with van der Waals surface area (Å²) < 4.78 is 33.0. The lowest BCUT2D eigenvalue weighted by Gasteiger charge is -2.28. The summed E-state index contributed by atoms with van der Waals surface area (Å²) in [5, 5.41) is 4.75. The summed E-state index contributed by atoms with van der Waals surface area (Å²) in [6.07, 6.45) is 7.00. The molecule has 0 radical (unpaired) electrons. The summed E-state index contributed by atoms with van der Waals surface area (Å²) in [4.78, 5) is 32.7. The van der Waals surface area contributed by atoms with Crippen LogP contribution in [-0.2, 0) is 21.4 Å². The second-order valence-corrected chi connectivity index (χ2v) is 11.0. The normalized spacial score (nSPS) is 22.8. The zero-order valence-corrected chi connectivity index (χ0v) is 19.0. The Hall–Kier alpha value is -3.05. The summed E-state index contributed by atoms with van der Waals surface area (Å²) >= 11 is 0. The maximum atomic E-state index is 13.0. The van der Waals surface area contributed by atoms with Crippen molar-refractivity contribution in [2.75, 3.05) is 12.8 Å². The van der Waals surface area contributed by atoms with Gasteiger partial charge in [0.25, 0.3) is 5.91 Å². The lowest BCUT2D eigenvalue weighted by atomic mass is 9.96. The third-order valence-corrected chi connectivity index (χ3v) is 8.18. The van der Waals surface area contributed by atoms with Crippen LogP contribution in [0.3, 0.4) is 0 Å². The lowest BCUT2D eigenvalue weighted by Crippen LogP contribution is -2.56. The minimum atomic E-state index is -3.82. The smallest absolute Gasteiger partial charge is 0.322 e. The van der Waals surface area contributed by atoms with Crippen LogP contribution in [0.1, 0.15) is 43.0 Å². The molecule has 1 saturated heterocycles. The minimum Gasteiger partial charge on any atom is -0.454 e. The molecule has 1 atom stereocenters. The van der Waals surface area contributed by atoms with Gasteiger partial charge in [0.2, 0.25) is 10.0 Å². The molecule has 2 heterocycles. The second-order valence-electron chi connectivity index (χ2n) is 8.96. The Kier molecular flexibility index (Phi) is 5.32. The number of ether oxygens (including phenoxy) is 1. The van der Waals surface area contributed by atoms with Crippen molar-refractivity contribution in [2.24, 2.45) is 5.92 Å². The number of sulfonamides is 1. The molecule has 3 amide bonds. The van der Waals surface area contributed by atoms with E-state index in [9.17, 15) is 18.0 Å². The van der Waals surface area contributed by atoms with Crippen molar-refractivity contribution >= 4 is 22.0 Å². The van der Waals surface area contributed by atoms with Gasteiger partial charge in [0.05, 0.1) is 18.1 Å². The van der Waals surface area contributed by atoms with Crippen LogP contribution in [0.2, 0.25) is 0 Å². The molecule has 1 aliphatic heterocycles. The van der Waals surface area contributed by atoms with Crippen molar-refractivity contribution in [1.82, 2.24) is 24.9 Å². The quantitative estimate of drug-likeness (QED) is 0.534. The Labute approximate surface area is 191 Å². The van der Waals surface area contributed by atoms with E-state index in [2.05, 4.69) is 20.6 Å². The molecule has 2 N–H and O–H groups in total. The van der Waals surface area contributed by atoms with Gasteiger partial charge in [0.1, 0.15) is 17.1 Å². The Morgan fingerprint density at radius 3 is 2.27 bits per heavy atom. The first-order chi connectivity index (χ1) is 15.7. The van der Waals surface area contributed by atoms with Gasteiger partial charge in [0, 0.05) is 19.5 Å². The Bertz CT molecular complexity index is 1180. The van der Waals surface area contributed by atoms with E-state index >= 15 is 0 Å². The molecule has 2 saturated carbocycles. The van der Waals surface area contributed by atoms with Crippen LogP contribution in [0.4, 0.5) is 4.79 Å². The number of aromatic nitrogens is 2. The van der Waals surface area contributed by atoms with Gasteiger partial charge < -0.3 is 10.1 Å². The maximum Gasteiger partial charge on any atom is 0.322 e. The number of carbonyl (C=O) groups is 2. The highest BCUT2D eigenvalue weighted by atomic mass is 32.2. The largest absolute Gasteiger partial charge is 0.454 e. The van der Waals surface area contributed by atoms with Crippen LogP contribution in [0.25, 0.3) is 0 Å². The van der Waals surface area contributed by atoms with E-state index in [1.165, 1.54) is 11.4 Å². The summed E-state index contributed by atoms with van der Waals surface area (Å²) in [5.41, 5.74) is -0.631. The average Bonchev–Trinajstić information content (AvgIpc) is 3.68. The summed E-state index contributed by atoms with van der Waals surface area (Å²) in [7, 11) is -2.35. The van der Waals surface area contributed by atoms with Gasteiger partial charge >= 0.3 is 6.03 Å². The van der Waals surface area contributed by atoms with Gasteiger partial charge in [-0.3, -0.25) is 10.1 Å². The summed E-state index contributed by atoms with van der Waals surface area (Å²) in [5.74, 6) is 1.26. The van der Waals surface area contributed by atoms with Gasteiger partial charge in [-0.1, -0.05) is 12.1 Å². The molecule has 1 aromatic carbocycles. The standard InChI is InChI=1S/C22H25N5O5S/c1-27(33(30,31)13-22(16-6-7-16)20(28)25-21(29)26-22)12-14-2-8-17(9-3-14)32-18-10-23-19(24-11-18)15-4-5-15/h2-3,8-11,15-16H,4-7,12-13H2,1H3,(H2,25,26,28,29)/t22-/m1/s1. The second kappa shape index (κ2) is 8.07. The molecule has 174 valence electrons. The number of urea groups is 1. The number of hydrogen-bond acceptors (Lipinski definition) is 7. The van der Waals surface area contributed by atoms with Crippen LogP contribution in [0, 0.1) is 5.92 Å². The van der Waals surface area contributed by atoms with Gasteiger partial charge in [-0.2, -0.15) is 0 Å². The van der Waals surface area contributed by atoms with E-state index in [1.54, 1.807) is 36.7 Å². The molecule has 2 aromatic rings. The molecule has 5 rings (SSSR count). The van der Waals surface area contributed by atoms with E-state index in [0.717, 1.165) is 24.2 Å². The summed E-state index contributed by atoms with van der Waals surface area (Å²) in [6.45, 7) is 0.123. The van der Waals surface area contributed by atoms with Crippen molar-refractivity contribution in [3.05, 3.63) is 48.0 Å². The third kappa shape index (κ3) is 4.55. The first-order valence-corrected chi connectivity index (χ1v) is 12.5. The van der Waals surface area contributed by atoms with Crippen molar-refractivity contribution in [1.29, 1.82) is 0 Å². The average molecular weight is 472 g/mol. The van der Waals surface area contributed by atoms with E-state index < -0.39 is 33.3 Å².